The van der Waals surface area contributed by atoms with Gasteiger partial charge in [-0.1, -0.05) is 0 Å². The number of carbonyl (C=O) groups is 5. The lowest BCUT2D eigenvalue weighted by atomic mass is 10.2. The number of hydrogen-bond donors (Lipinski definition) is 3. The molecule has 0 heterocycles. The molecule has 4 N–H and O–H groups in total. The SMILES string of the molecule is NC(CCC(=O)O)C(=O)OC(=O)CC(=O)C(=O)O. The van der Waals surface area contributed by atoms with Crippen molar-refractivity contribution in [3.63, 3.8) is 0 Å². The van der Waals surface area contributed by atoms with Gasteiger partial charge in [-0.25, -0.2) is 9.59 Å². The molecule has 1 atom stereocenters. The number of carboxylic acid groups (broad SMARTS) is 2. The lowest BCUT2D eigenvalue weighted by molar-refractivity contribution is -0.163. The van der Waals surface area contributed by atoms with Crippen molar-refractivity contribution in [3.8, 4) is 0 Å². The summed E-state index contributed by atoms with van der Waals surface area (Å²) in [7, 11) is 0. The average Bonchev–Trinajstić information content (AvgIpc) is 2.24. The van der Waals surface area contributed by atoms with Crippen molar-refractivity contribution in [2.75, 3.05) is 0 Å². The number of aliphatic carboxylic acids is 2. The molecule has 1 unspecified atom stereocenters. The Bertz CT molecular complexity index is 388. The first kappa shape index (κ1) is 15.7. The highest BCUT2D eigenvalue weighted by molar-refractivity contribution is 6.36. The number of Topliss-reactive ketones (excluding diaryl/α,β-unsaturated/α-hetero) is 1. The molecular formula is C9H11NO8. The van der Waals surface area contributed by atoms with Gasteiger partial charge in [0, 0.05) is 6.42 Å². The topological polar surface area (TPSA) is 161 Å². The third-order valence-corrected chi connectivity index (χ3v) is 1.73. The standard InChI is InChI=1S/C9H11NO8/c10-4(1-2-6(12)13)9(17)18-7(14)3-5(11)8(15)16/h4H,1-3,10H2,(H,12,13)(H,15,16). The molecule has 9 nitrogen and oxygen atoms in total. The minimum atomic E-state index is -1.82. The first-order chi connectivity index (χ1) is 8.23. The van der Waals surface area contributed by atoms with Crippen molar-refractivity contribution in [1.82, 2.24) is 0 Å². The number of rotatable bonds is 7. The Labute approximate surface area is 101 Å². The van der Waals surface area contributed by atoms with Crippen LogP contribution in [0.2, 0.25) is 0 Å². The number of hydrogen-bond acceptors (Lipinski definition) is 7. The van der Waals surface area contributed by atoms with E-state index < -0.39 is 48.5 Å². The zero-order valence-electron chi connectivity index (χ0n) is 9.12. The summed E-state index contributed by atoms with van der Waals surface area (Å²) < 4.78 is 4.09. The third kappa shape index (κ3) is 6.33. The predicted molar refractivity (Wildman–Crippen MR) is 53.2 cm³/mol. The van der Waals surface area contributed by atoms with Gasteiger partial charge in [0.05, 0.1) is 0 Å². The number of nitrogens with two attached hydrogens (primary N) is 1. The molecule has 0 aliphatic rings. The Morgan fingerprint density at radius 1 is 1.11 bits per heavy atom. The van der Waals surface area contributed by atoms with E-state index in [0.29, 0.717) is 0 Å². The number of ether oxygens (including phenoxy) is 1. The summed E-state index contributed by atoms with van der Waals surface area (Å²) in [6.45, 7) is 0. The predicted octanol–water partition coefficient (Wildman–Crippen LogP) is -1.71. The molecule has 100 valence electrons. The van der Waals surface area contributed by atoms with Crippen LogP contribution in [0.25, 0.3) is 0 Å². The van der Waals surface area contributed by atoms with Gasteiger partial charge < -0.3 is 20.7 Å². The van der Waals surface area contributed by atoms with Gasteiger partial charge in [-0.05, 0) is 6.42 Å². The van der Waals surface area contributed by atoms with E-state index in [1.807, 2.05) is 0 Å². The van der Waals surface area contributed by atoms with Gasteiger partial charge in [0.2, 0.25) is 0 Å². The Balaban J connectivity index is 4.14. The van der Waals surface area contributed by atoms with Gasteiger partial charge in [-0.15, -0.1) is 0 Å². The van der Waals surface area contributed by atoms with Crippen LogP contribution < -0.4 is 5.73 Å². The van der Waals surface area contributed by atoms with E-state index in [-0.39, 0.29) is 6.42 Å². The maximum Gasteiger partial charge on any atom is 0.372 e. The van der Waals surface area contributed by atoms with Crippen LogP contribution in [-0.4, -0.2) is 45.9 Å². The first-order valence-corrected chi connectivity index (χ1v) is 4.72. The zero-order chi connectivity index (χ0) is 14.3. The molecule has 0 radical (unpaired) electrons. The normalized spacial score (nSPS) is 11.4. The maximum absolute atomic E-state index is 11.1. The quantitative estimate of drug-likeness (QED) is 0.275. The number of ketones is 1. The second-order valence-electron chi connectivity index (χ2n) is 3.24. The summed E-state index contributed by atoms with van der Waals surface area (Å²) in [5, 5.41) is 16.5. The van der Waals surface area contributed by atoms with E-state index in [0.717, 1.165) is 0 Å². The van der Waals surface area contributed by atoms with Crippen molar-refractivity contribution in [3.05, 3.63) is 0 Å². The van der Waals surface area contributed by atoms with Crippen LogP contribution in [0.3, 0.4) is 0 Å². The average molecular weight is 261 g/mol. The van der Waals surface area contributed by atoms with Crippen molar-refractivity contribution < 1.29 is 38.9 Å². The van der Waals surface area contributed by atoms with Crippen molar-refractivity contribution in [2.24, 2.45) is 5.73 Å². The summed E-state index contributed by atoms with van der Waals surface area (Å²) in [4.78, 5) is 52.9. The fourth-order valence-electron chi connectivity index (χ4n) is 0.828. The van der Waals surface area contributed by atoms with Crippen LogP contribution in [0, 0.1) is 0 Å². The van der Waals surface area contributed by atoms with Crippen LogP contribution in [0.4, 0.5) is 0 Å². The van der Waals surface area contributed by atoms with E-state index in [9.17, 15) is 24.0 Å². The summed E-state index contributed by atoms with van der Waals surface area (Å²) >= 11 is 0. The Kier molecular flexibility index (Phi) is 6.21. The Morgan fingerprint density at radius 3 is 2.11 bits per heavy atom. The zero-order valence-corrected chi connectivity index (χ0v) is 9.12. The molecule has 0 saturated heterocycles. The van der Waals surface area contributed by atoms with Crippen LogP contribution in [0.5, 0.6) is 0 Å². The molecule has 9 heteroatoms. The summed E-state index contributed by atoms with van der Waals surface area (Å²) in [5.74, 6) is -6.98. The number of carbonyl (C=O) groups excluding carboxylic acids is 3. The van der Waals surface area contributed by atoms with Gasteiger partial charge in [0.15, 0.2) is 0 Å². The fraction of sp³-hybridized carbons (Fsp3) is 0.444. The molecule has 0 aromatic carbocycles. The molecule has 0 aromatic rings. The maximum atomic E-state index is 11.1. The lowest BCUT2D eigenvalue weighted by Crippen LogP contribution is -2.35. The summed E-state index contributed by atoms with van der Waals surface area (Å²) in [6.07, 6.45) is -1.72. The fourth-order valence-corrected chi connectivity index (χ4v) is 0.828. The largest absolute Gasteiger partial charge is 0.481 e. The van der Waals surface area contributed by atoms with Gasteiger partial charge in [0.1, 0.15) is 12.5 Å². The van der Waals surface area contributed by atoms with E-state index in [1.54, 1.807) is 0 Å². The number of esters is 2. The van der Waals surface area contributed by atoms with Gasteiger partial charge in [-0.2, -0.15) is 0 Å². The van der Waals surface area contributed by atoms with Crippen LogP contribution in [0.1, 0.15) is 19.3 Å². The highest BCUT2D eigenvalue weighted by atomic mass is 16.6. The summed E-state index contributed by atoms with van der Waals surface area (Å²) in [5.41, 5.74) is 5.21. The molecule has 18 heavy (non-hydrogen) atoms. The van der Waals surface area contributed by atoms with E-state index in [2.05, 4.69) is 4.74 Å². The molecule has 0 spiro atoms. The molecular weight excluding hydrogens is 250 g/mol. The Morgan fingerprint density at radius 2 is 1.67 bits per heavy atom. The van der Waals surface area contributed by atoms with Gasteiger partial charge in [0.25, 0.3) is 5.78 Å². The molecule has 0 saturated carbocycles. The minimum absolute atomic E-state index is 0.242. The Hall–Kier alpha value is -2.29. The van der Waals surface area contributed by atoms with E-state index in [4.69, 9.17) is 15.9 Å². The first-order valence-electron chi connectivity index (χ1n) is 4.72. The van der Waals surface area contributed by atoms with Crippen LogP contribution in [-0.2, 0) is 28.7 Å². The molecule has 0 bridgehead atoms. The van der Waals surface area contributed by atoms with Gasteiger partial charge >= 0.3 is 23.9 Å². The highest BCUT2D eigenvalue weighted by Gasteiger charge is 2.23. The minimum Gasteiger partial charge on any atom is -0.481 e. The number of carboxylic acids is 2. The smallest absolute Gasteiger partial charge is 0.372 e. The van der Waals surface area contributed by atoms with Crippen molar-refractivity contribution >= 4 is 29.7 Å². The molecule has 0 rings (SSSR count). The molecule has 0 aliphatic heterocycles. The van der Waals surface area contributed by atoms with E-state index in [1.165, 1.54) is 0 Å². The van der Waals surface area contributed by atoms with Crippen molar-refractivity contribution in [1.29, 1.82) is 0 Å². The molecule has 0 aromatic heterocycles. The molecule has 0 aliphatic carbocycles. The van der Waals surface area contributed by atoms with Gasteiger partial charge in [-0.3, -0.25) is 14.4 Å². The second kappa shape index (κ2) is 7.12. The lowest BCUT2D eigenvalue weighted by Gasteiger charge is -2.08. The third-order valence-electron chi connectivity index (χ3n) is 1.73. The van der Waals surface area contributed by atoms with E-state index >= 15 is 0 Å². The molecule has 0 amide bonds. The van der Waals surface area contributed by atoms with Crippen LogP contribution in [0.15, 0.2) is 0 Å². The molecule has 0 fully saturated rings. The van der Waals surface area contributed by atoms with Crippen LogP contribution >= 0.6 is 0 Å². The highest BCUT2D eigenvalue weighted by Crippen LogP contribution is 1.99. The summed E-state index contributed by atoms with van der Waals surface area (Å²) in [6, 6.07) is -1.33. The van der Waals surface area contributed by atoms with Crippen molar-refractivity contribution in [2.45, 2.75) is 25.3 Å². The second-order valence-corrected chi connectivity index (χ2v) is 3.24. The monoisotopic (exact) mass is 261 g/mol.